The van der Waals surface area contributed by atoms with Gasteiger partial charge < -0.3 is 16.6 Å². The first-order chi connectivity index (χ1) is 20.2. The molecule has 2 N–H and O–H groups in total. The van der Waals surface area contributed by atoms with Gasteiger partial charge in [0.15, 0.2) is 0 Å². The number of halogens is 2. The first-order valence-electron chi connectivity index (χ1n) is 13.2. The molecule has 1 amide bonds. The maximum absolute atomic E-state index is 13.6. The van der Waals surface area contributed by atoms with Crippen LogP contribution in [0.1, 0.15) is 40.5 Å². The van der Waals surface area contributed by atoms with E-state index in [0.29, 0.717) is 40.2 Å². The van der Waals surface area contributed by atoms with Crippen molar-refractivity contribution in [1.29, 1.82) is 0 Å². The Hall–Kier alpha value is -3.50. The third kappa shape index (κ3) is 9.49. The molecule has 0 aliphatic rings. The number of aromatic nitrogens is 1. The van der Waals surface area contributed by atoms with Gasteiger partial charge in [-0.05, 0) is 89.6 Å². The van der Waals surface area contributed by atoms with Gasteiger partial charge in [-0.1, -0.05) is 36.4 Å². The van der Waals surface area contributed by atoms with Crippen molar-refractivity contribution in [3.63, 3.8) is 0 Å². The molecule has 6 nitrogen and oxygen atoms in total. The number of nitrogens with one attached hydrogen (secondary N) is 1. The minimum absolute atomic E-state index is 0. The summed E-state index contributed by atoms with van der Waals surface area (Å²) in [6, 6.07) is 16.9. The maximum Gasteiger partial charge on any atom is 1.00 e. The number of hydrogen-bond acceptors (Lipinski definition) is 5. The maximum atomic E-state index is 13.6. The second-order valence-corrected chi connectivity index (χ2v) is 10.6. The van der Waals surface area contributed by atoms with Crippen molar-refractivity contribution in [1.82, 2.24) is 10.3 Å². The number of ether oxygens (including phenoxy) is 1. The summed E-state index contributed by atoms with van der Waals surface area (Å²) >= 11 is 1.52. The van der Waals surface area contributed by atoms with Crippen LogP contribution < -0.4 is 39.6 Å². The fourth-order valence-electron chi connectivity index (χ4n) is 4.38. The zero-order chi connectivity index (χ0) is 30.1. The van der Waals surface area contributed by atoms with Gasteiger partial charge >= 0.3 is 35.5 Å². The minimum Gasteiger partial charge on any atom is -1.00 e. The van der Waals surface area contributed by atoms with E-state index in [-0.39, 0.29) is 37.6 Å². The summed E-state index contributed by atoms with van der Waals surface area (Å²) in [7, 11) is 0. The van der Waals surface area contributed by atoms with Crippen LogP contribution in [0.5, 0.6) is 5.75 Å². The molecule has 4 rings (SSSR count). The number of pyridine rings is 1. The molecule has 1 atom stereocenters. The van der Waals surface area contributed by atoms with Crippen LogP contribution in [0, 0.1) is 18.6 Å². The quantitative estimate of drug-likeness (QED) is 0.234. The van der Waals surface area contributed by atoms with Gasteiger partial charge in [0.1, 0.15) is 30.0 Å². The molecule has 0 bridgehead atoms. The molecule has 1 unspecified atom stereocenters. The molecular formula is C33H31F2N2NaO4S. The first-order valence-corrected chi connectivity index (χ1v) is 14.6. The number of carboxylic acid groups (broad SMARTS) is 1. The SMILES string of the molecule is CSCCC(NC(=O)c1ccc(/C=C/c2cnccc2OCc2cc(F)cc(F)c2)cc1-c1ccccc1C)C(=O)O.[H-].[Na+]. The Morgan fingerprint density at radius 2 is 1.79 bits per heavy atom. The van der Waals surface area contributed by atoms with E-state index in [1.54, 1.807) is 36.7 Å². The molecular weight excluding hydrogens is 581 g/mol. The van der Waals surface area contributed by atoms with Gasteiger partial charge in [0.25, 0.3) is 5.91 Å². The predicted octanol–water partition coefficient (Wildman–Crippen LogP) is 4.14. The van der Waals surface area contributed by atoms with E-state index in [9.17, 15) is 23.5 Å². The van der Waals surface area contributed by atoms with Crippen LogP contribution in [0.3, 0.4) is 0 Å². The van der Waals surface area contributed by atoms with E-state index in [1.165, 1.54) is 23.9 Å². The fourth-order valence-corrected chi connectivity index (χ4v) is 4.85. The molecule has 0 aliphatic carbocycles. The molecule has 4 aromatic rings. The summed E-state index contributed by atoms with van der Waals surface area (Å²) in [5.74, 6) is -1.82. The number of thioether (sulfide) groups is 1. The Labute approximate surface area is 277 Å². The molecule has 0 fully saturated rings. The number of aliphatic carboxylic acids is 1. The van der Waals surface area contributed by atoms with Crippen molar-refractivity contribution in [2.75, 3.05) is 12.0 Å². The number of rotatable bonds is 12. The Kier molecular flexibility index (Phi) is 12.9. The number of carbonyl (C=O) groups is 2. The Bertz CT molecular complexity index is 1600. The third-order valence-corrected chi connectivity index (χ3v) is 7.16. The Morgan fingerprint density at radius 3 is 2.49 bits per heavy atom. The molecule has 0 saturated heterocycles. The van der Waals surface area contributed by atoms with Gasteiger partial charge in [-0.2, -0.15) is 11.8 Å². The summed E-state index contributed by atoms with van der Waals surface area (Å²) in [5, 5.41) is 12.3. The van der Waals surface area contributed by atoms with Gasteiger partial charge in [0, 0.05) is 29.6 Å². The monoisotopic (exact) mass is 612 g/mol. The van der Waals surface area contributed by atoms with Crippen molar-refractivity contribution in [2.45, 2.75) is 26.0 Å². The standard InChI is InChI=1S/C33H30F2N2O4S.Na.H/c1-21-5-3-4-6-27(21)29-17-22(8-10-28(29)32(38)37-30(33(39)40)12-14-42-2)7-9-24-19-36-13-11-31(24)41-20-23-15-25(34)18-26(35)16-23;;/h3-11,13,15-19,30H,12,14,20H2,1-2H3,(H,37,38)(H,39,40);;/q;+1;-1/b9-7+;;. The number of carboxylic acids is 1. The number of carbonyl (C=O) groups excluding carboxylic acids is 1. The largest absolute Gasteiger partial charge is 1.00 e. The van der Waals surface area contributed by atoms with Crippen molar-refractivity contribution >= 4 is 35.8 Å². The van der Waals surface area contributed by atoms with E-state index < -0.39 is 29.6 Å². The Morgan fingerprint density at radius 1 is 1.05 bits per heavy atom. The summed E-state index contributed by atoms with van der Waals surface area (Å²) in [6.07, 6.45) is 9.01. The molecule has 1 heterocycles. The van der Waals surface area contributed by atoms with Crippen LogP contribution in [0.4, 0.5) is 8.78 Å². The molecule has 1 aromatic heterocycles. The van der Waals surface area contributed by atoms with Gasteiger partial charge in [0.05, 0.1) is 0 Å². The second-order valence-electron chi connectivity index (χ2n) is 9.58. The number of benzene rings is 3. The van der Waals surface area contributed by atoms with Crippen LogP contribution in [-0.2, 0) is 11.4 Å². The number of hydrogen-bond donors (Lipinski definition) is 2. The minimum atomic E-state index is -1.08. The smallest absolute Gasteiger partial charge is 1.00 e. The average Bonchev–Trinajstić information content (AvgIpc) is 2.97. The van der Waals surface area contributed by atoms with E-state index in [4.69, 9.17) is 4.74 Å². The average molecular weight is 613 g/mol. The van der Waals surface area contributed by atoms with Crippen LogP contribution in [-0.4, -0.2) is 40.0 Å². The molecule has 0 radical (unpaired) electrons. The molecule has 0 spiro atoms. The topological polar surface area (TPSA) is 88.5 Å². The van der Waals surface area contributed by atoms with Crippen molar-refractivity contribution in [3.8, 4) is 16.9 Å². The molecule has 10 heteroatoms. The molecule has 43 heavy (non-hydrogen) atoms. The summed E-state index contributed by atoms with van der Waals surface area (Å²) in [5.41, 5.74) is 4.62. The third-order valence-electron chi connectivity index (χ3n) is 6.52. The first kappa shape index (κ1) is 34.0. The zero-order valence-electron chi connectivity index (χ0n) is 25.1. The van der Waals surface area contributed by atoms with Crippen LogP contribution in [0.15, 0.2) is 79.1 Å². The van der Waals surface area contributed by atoms with Crippen molar-refractivity contribution in [2.24, 2.45) is 0 Å². The molecule has 0 saturated carbocycles. The Balaban J connectivity index is 0.00000337. The summed E-state index contributed by atoms with van der Waals surface area (Å²) in [6.45, 7) is 1.91. The molecule has 3 aromatic carbocycles. The number of amides is 1. The van der Waals surface area contributed by atoms with Crippen molar-refractivity contribution in [3.05, 3.63) is 119 Å². The molecule has 0 aliphatic heterocycles. The van der Waals surface area contributed by atoms with Gasteiger partial charge in [-0.15, -0.1) is 0 Å². The van der Waals surface area contributed by atoms with E-state index in [0.717, 1.165) is 22.8 Å². The van der Waals surface area contributed by atoms with Gasteiger partial charge in [-0.25, -0.2) is 13.6 Å². The van der Waals surface area contributed by atoms with Crippen LogP contribution >= 0.6 is 11.8 Å². The van der Waals surface area contributed by atoms with Gasteiger partial charge in [-0.3, -0.25) is 9.78 Å². The summed E-state index contributed by atoms with van der Waals surface area (Å²) < 4.78 is 33.0. The van der Waals surface area contributed by atoms with Crippen molar-refractivity contribution < 1.29 is 59.2 Å². The van der Waals surface area contributed by atoms with E-state index >= 15 is 0 Å². The van der Waals surface area contributed by atoms with Crippen LogP contribution in [0.2, 0.25) is 0 Å². The number of nitrogens with zero attached hydrogens (tertiary/aromatic N) is 1. The second kappa shape index (κ2) is 16.4. The normalized spacial score (nSPS) is 11.5. The number of aryl methyl sites for hydroxylation is 1. The fraction of sp³-hybridized carbons (Fsp3) is 0.182. The van der Waals surface area contributed by atoms with E-state index in [1.807, 2.05) is 49.6 Å². The van der Waals surface area contributed by atoms with E-state index in [2.05, 4.69) is 10.3 Å². The summed E-state index contributed by atoms with van der Waals surface area (Å²) in [4.78, 5) is 29.2. The van der Waals surface area contributed by atoms with Crippen LogP contribution in [0.25, 0.3) is 23.3 Å². The van der Waals surface area contributed by atoms with Gasteiger partial charge in [0.2, 0.25) is 0 Å². The molecule has 218 valence electrons. The predicted molar refractivity (Wildman–Crippen MR) is 163 cm³/mol. The zero-order valence-corrected chi connectivity index (χ0v) is 27.0.